The quantitative estimate of drug-likeness (QED) is 0.180. The molecule has 52 heavy (non-hydrogen) atoms. The molecule has 0 unspecified atom stereocenters. The van der Waals surface area contributed by atoms with Gasteiger partial charge in [0.25, 0.3) is 0 Å². The number of hydrogen-bond acceptors (Lipinski definition) is 3. The van der Waals surface area contributed by atoms with Gasteiger partial charge in [-0.3, -0.25) is 0 Å². The number of thiophene rings is 1. The Hall–Kier alpha value is -6.42. The molecule has 11 rings (SSSR count). The molecule has 0 fully saturated rings. The molecule has 0 amide bonds. The van der Waals surface area contributed by atoms with E-state index in [0.29, 0.717) is 0 Å². The summed E-state index contributed by atoms with van der Waals surface area (Å²) in [4.78, 5) is 2.47. The molecule has 0 bridgehead atoms. The average molecular weight is 682 g/mol. The van der Waals surface area contributed by atoms with Crippen molar-refractivity contribution in [2.45, 2.75) is 5.41 Å². The van der Waals surface area contributed by atoms with E-state index in [0.717, 1.165) is 39.0 Å². The normalized spacial score (nSPS) is 13.2. The van der Waals surface area contributed by atoms with Crippen LogP contribution in [-0.4, -0.2) is 0 Å². The zero-order valence-electron chi connectivity index (χ0n) is 28.2. The van der Waals surface area contributed by atoms with Crippen LogP contribution in [0.5, 0.6) is 0 Å². The predicted octanol–water partition coefficient (Wildman–Crippen LogP) is 13.8. The van der Waals surface area contributed by atoms with Gasteiger partial charge in [0.1, 0.15) is 11.2 Å². The molecule has 2 aromatic heterocycles. The van der Waals surface area contributed by atoms with Gasteiger partial charge in [-0.15, -0.1) is 11.3 Å². The first-order valence-electron chi connectivity index (χ1n) is 17.8. The highest BCUT2D eigenvalue weighted by Gasteiger charge is 2.47. The molecule has 2 nitrogen and oxygen atoms in total. The lowest BCUT2D eigenvalue weighted by Gasteiger charge is -2.34. The van der Waals surface area contributed by atoms with Gasteiger partial charge < -0.3 is 9.32 Å². The number of para-hydroxylation sites is 1. The van der Waals surface area contributed by atoms with Crippen molar-refractivity contribution in [3.05, 3.63) is 210 Å². The van der Waals surface area contributed by atoms with Crippen molar-refractivity contribution in [2.75, 3.05) is 4.90 Å². The fourth-order valence-corrected chi connectivity index (χ4v) is 9.88. The fourth-order valence-electron chi connectivity index (χ4n) is 8.79. The summed E-state index contributed by atoms with van der Waals surface area (Å²) < 4.78 is 8.91. The second-order valence-corrected chi connectivity index (χ2v) is 14.7. The summed E-state index contributed by atoms with van der Waals surface area (Å²) >= 11 is 1.85. The van der Waals surface area contributed by atoms with Crippen LogP contribution in [0.15, 0.2) is 192 Å². The maximum atomic E-state index is 6.32. The average Bonchev–Trinajstić information content (AvgIpc) is 3.87. The molecule has 0 radical (unpaired) electrons. The van der Waals surface area contributed by atoms with Crippen LogP contribution < -0.4 is 4.90 Å². The molecule has 1 aliphatic rings. The van der Waals surface area contributed by atoms with Crippen molar-refractivity contribution in [3.8, 4) is 11.1 Å². The van der Waals surface area contributed by atoms with E-state index in [2.05, 4.69) is 187 Å². The summed E-state index contributed by atoms with van der Waals surface area (Å²) in [7, 11) is 0. The van der Waals surface area contributed by atoms with Gasteiger partial charge in [-0.1, -0.05) is 133 Å². The lowest BCUT2D eigenvalue weighted by atomic mass is 9.68. The number of benzene rings is 8. The smallest absolute Gasteiger partial charge is 0.135 e. The molecule has 3 heteroatoms. The largest absolute Gasteiger partial charge is 0.456 e. The van der Waals surface area contributed by atoms with Crippen molar-refractivity contribution < 1.29 is 4.42 Å². The Bertz CT molecular complexity index is 2820. The first-order valence-corrected chi connectivity index (χ1v) is 18.6. The summed E-state index contributed by atoms with van der Waals surface area (Å²) in [6, 6.07) is 68.7. The predicted molar refractivity (Wildman–Crippen MR) is 219 cm³/mol. The van der Waals surface area contributed by atoms with Crippen LogP contribution >= 0.6 is 11.3 Å². The number of rotatable bonds is 5. The van der Waals surface area contributed by atoms with Crippen molar-refractivity contribution >= 4 is 70.5 Å². The topological polar surface area (TPSA) is 16.4 Å². The Morgan fingerprint density at radius 2 is 1.02 bits per heavy atom. The van der Waals surface area contributed by atoms with Crippen molar-refractivity contribution in [1.29, 1.82) is 0 Å². The summed E-state index contributed by atoms with van der Waals surface area (Å²) in [5.74, 6) is 0. The van der Waals surface area contributed by atoms with E-state index >= 15 is 0 Å². The van der Waals surface area contributed by atoms with Gasteiger partial charge in [0, 0.05) is 47.9 Å². The third-order valence-electron chi connectivity index (χ3n) is 10.9. The van der Waals surface area contributed by atoms with E-state index in [4.69, 9.17) is 4.42 Å². The number of nitrogens with zero attached hydrogens (tertiary/aromatic N) is 1. The van der Waals surface area contributed by atoms with Crippen LogP contribution in [0.2, 0.25) is 0 Å². The minimum absolute atomic E-state index is 0.492. The zero-order chi connectivity index (χ0) is 34.2. The first kappa shape index (κ1) is 29.3. The van der Waals surface area contributed by atoms with Crippen LogP contribution in [0.1, 0.15) is 22.3 Å². The molecule has 10 aromatic rings. The lowest BCUT2D eigenvalue weighted by Crippen LogP contribution is -2.28. The second kappa shape index (κ2) is 11.3. The third-order valence-corrected chi connectivity index (χ3v) is 12.1. The van der Waals surface area contributed by atoms with Crippen LogP contribution in [0, 0.1) is 0 Å². The highest BCUT2D eigenvalue weighted by molar-refractivity contribution is 7.25. The number of hydrogen-bond donors (Lipinski definition) is 0. The molecule has 8 aromatic carbocycles. The Morgan fingerprint density at radius 1 is 0.423 bits per heavy atom. The van der Waals surface area contributed by atoms with Crippen LogP contribution in [0.3, 0.4) is 0 Å². The van der Waals surface area contributed by atoms with Gasteiger partial charge in [-0.25, -0.2) is 0 Å². The van der Waals surface area contributed by atoms with Gasteiger partial charge in [0.2, 0.25) is 0 Å². The molecule has 0 spiro atoms. The Balaban J connectivity index is 1.24. The van der Waals surface area contributed by atoms with Crippen LogP contribution in [-0.2, 0) is 5.41 Å². The SMILES string of the molecule is c1ccc(C2(c3ccccc3)c3ccccc3-c3c(N(c4ccc5oc6ccccc6c5c4)c4ccc5sc6ccccc6c5c4)cccc32)cc1. The van der Waals surface area contributed by atoms with E-state index in [9.17, 15) is 0 Å². The first-order chi connectivity index (χ1) is 25.8. The lowest BCUT2D eigenvalue weighted by molar-refractivity contribution is 0.669. The maximum absolute atomic E-state index is 6.32. The Kier molecular flexibility index (Phi) is 6.37. The molecule has 0 atom stereocenters. The summed E-state index contributed by atoms with van der Waals surface area (Å²) in [6.45, 7) is 0. The number of furan rings is 1. The molecule has 0 saturated heterocycles. The third kappa shape index (κ3) is 4.11. The number of anilines is 3. The van der Waals surface area contributed by atoms with Crippen molar-refractivity contribution in [2.24, 2.45) is 0 Å². The molecule has 1 aliphatic carbocycles. The van der Waals surface area contributed by atoms with Crippen molar-refractivity contribution in [1.82, 2.24) is 0 Å². The fraction of sp³-hybridized carbons (Fsp3) is 0.0204. The Morgan fingerprint density at radius 3 is 1.83 bits per heavy atom. The standard InChI is InChI=1S/C49H31NOS/c1-3-14-32(15-4-1)49(33-16-5-2-6-17-33)41-21-10-7-20-38(41)48-42(49)22-13-23-43(48)50(34-26-28-45-39(30-34)36-18-8-11-24-44(36)51-45)35-27-29-47-40(31-35)37-19-9-12-25-46(37)52-47/h1-31H. The highest BCUT2D eigenvalue weighted by atomic mass is 32.1. The van der Waals surface area contributed by atoms with Gasteiger partial charge >= 0.3 is 0 Å². The maximum Gasteiger partial charge on any atom is 0.135 e. The van der Waals surface area contributed by atoms with E-state index in [-0.39, 0.29) is 0 Å². The number of fused-ring (bicyclic) bond motifs is 9. The summed E-state index contributed by atoms with van der Waals surface area (Å²) in [6.07, 6.45) is 0. The molecule has 0 aliphatic heterocycles. The zero-order valence-corrected chi connectivity index (χ0v) is 29.0. The minimum Gasteiger partial charge on any atom is -0.456 e. The van der Waals surface area contributed by atoms with Gasteiger partial charge in [0.05, 0.1) is 11.1 Å². The van der Waals surface area contributed by atoms with E-state index < -0.39 is 5.41 Å². The van der Waals surface area contributed by atoms with Gasteiger partial charge in [0.15, 0.2) is 0 Å². The molecule has 0 saturated carbocycles. The van der Waals surface area contributed by atoms with Crippen molar-refractivity contribution in [3.63, 3.8) is 0 Å². The van der Waals surface area contributed by atoms with E-state index in [1.165, 1.54) is 53.6 Å². The minimum atomic E-state index is -0.492. The second-order valence-electron chi connectivity index (χ2n) is 13.6. The molecule has 0 N–H and O–H groups in total. The summed E-state index contributed by atoms with van der Waals surface area (Å²) in [5, 5.41) is 4.79. The highest BCUT2D eigenvalue weighted by Crippen LogP contribution is 2.59. The molecular weight excluding hydrogens is 651 g/mol. The molecule has 244 valence electrons. The molecule has 2 heterocycles. The Labute approximate surface area is 305 Å². The monoisotopic (exact) mass is 681 g/mol. The van der Waals surface area contributed by atoms with Gasteiger partial charge in [-0.2, -0.15) is 0 Å². The molecular formula is C49H31NOS. The summed E-state index contributed by atoms with van der Waals surface area (Å²) in [5.41, 5.74) is 12.2. The van der Waals surface area contributed by atoms with Gasteiger partial charge in [-0.05, 0) is 82.4 Å². The van der Waals surface area contributed by atoms with E-state index in [1.54, 1.807) is 0 Å². The van der Waals surface area contributed by atoms with Crippen LogP contribution in [0.25, 0.3) is 53.2 Å². The van der Waals surface area contributed by atoms with Crippen LogP contribution in [0.4, 0.5) is 17.1 Å². The van der Waals surface area contributed by atoms with E-state index in [1.807, 2.05) is 17.4 Å².